The van der Waals surface area contributed by atoms with Gasteiger partial charge in [-0.05, 0) is 30.7 Å². The molecular weight excluding hydrogens is 411 g/mol. The monoisotopic (exact) mass is 425 g/mol. The fraction of sp³-hybridized carbons (Fsp3) is 0.150. The van der Waals surface area contributed by atoms with Crippen LogP contribution >= 0.6 is 0 Å². The highest BCUT2D eigenvalue weighted by Gasteiger charge is 2.30. The predicted molar refractivity (Wildman–Crippen MR) is 105 cm³/mol. The minimum atomic E-state index is -4.47. The van der Waals surface area contributed by atoms with E-state index in [-0.39, 0.29) is 17.4 Å². The zero-order valence-corrected chi connectivity index (χ0v) is 16.3. The van der Waals surface area contributed by atoms with E-state index < -0.39 is 11.7 Å². The van der Waals surface area contributed by atoms with Gasteiger partial charge >= 0.3 is 6.18 Å². The number of hydrogen-bond donors (Lipinski definition) is 1. The third kappa shape index (κ3) is 4.09. The van der Waals surface area contributed by atoms with Crippen molar-refractivity contribution in [1.29, 1.82) is 5.26 Å². The van der Waals surface area contributed by atoms with Crippen LogP contribution in [0.3, 0.4) is 0 Å². The Morgan fingerprint density at radius 2 is 1.94 bits per heavy atom. The van der Waals surface area contributed by atoms with Gasteiger partial charge in [0.15, 0.2) is 11.4 Å². The van der Waals surface area contributed by atoms with Crippen molar-refractivity contribution in [3.8, 4) is 17.7 Å². The topological polar surface area (TPSA) is 102 Å². The van der Waals surface area contributed by atoms with Gasteiger partial charge in [-0.3, -0.25) is 0 Å². The maximum absolute atomic E-state index is 12.8. The lowest BCUT2D eigenvalue weighted by molar-refractivity contribution is -0.137. The average molecular weight is 425 g/mol. The van der Waals surface area contributed by atoms with Gasteiger partial charge < -0.3 is 14.6 Å². The molecule has 4 aromatic rings. The van der Waals surface area contributed by atoms with Crippen LogP contribution in [0.15, 0.2) is 43.0 Å². The van der Waals surface area contributed by atoms with Gasteiger partial charge in [-0.2, -0.15) is 23.4 Å². The molecule has 0 aliphatic carbocycles. The number of alkyl halides is 3. The van der Waals surface area contributed by atoms with Gasteiger partial charge in [-0.15, -0.1) is 0 Å². The fourth-order valence-electron chi connectivity index (χ4n) is 2.82. The number of hydrogen-bond acceptors (Lipinski definition) is 7. The van der Waals surface area contributed by atoms with Crippen molar-refractivity contribution in [2.24, 2.45) is 7.05 Å². The normalized spacial score (nSPS) is 11.4. The summed E-state index contributed by atoms with van der Waals surface area (Å²) in [6.07, 6.45) is -0.734. The summed E-state index contributed by atoms with van der Waals surface area (Å²) in [7, 11) is 1.75. The standard InChI is InChI=1S/C20H14F3N7O/c1-11-5-13(7-24)25-9-15(11)31-17-6-14(18-19(29-17)30(2)10-27-18)28-16-4-3-12(8-26-16)20(21,22)23/h3-6,8-10H,1-2H3,(H,26,28,29). The Morgan fingerprint density at radius 3 is 2.58 bits per heavy atom. The van der Waals surface area contributed by atoms with Crippen LogP contribution in [0.1, 0.15) is 16.8 Å². The summed E-state index contributed by atoms with van der Waals surface area (Å²) >= 11 is 0. The largest absolute Gasteiger partial charge is 0.437 e. The molecule has 1 N–H and O–H groups in total. The highest BCUT2D eigenvalue weighted by atomic mass is 19.4. The van der Waals surface area contributed by atoms with Crippen molar-refractivity contribution in [1.82, 2.24) is 24.5 Å². The lowest BCUT2D eigenvalue weighted by Gasteiger charge is -2.12. The molecule has 0 fully saturated rings. The highest BCUT2D eigenvalue weighted by molar-refractivity contribution is 5.88. The maximum Gasteiger partial charge on any atom is 0.417 e. The molecule has 4 aromatic heterocycles. The maximum atomic E-state index is 12.8. The van der Waals surface area contributed by atoms with Gasteiger partial charge in [0.25, 0.3) is 0 Å². The van der Waals surface area contributed by atoms with Gasteiger partial charge in [0, 0.05) is 19.3 Å². The zero-order chi connectivity index (χ0) is 22.2. The molecule has 4 rings (SSSR count). The smallest absolute Gasteiger partial charge is 0.417 e. The lowest BCUT2D eigenvalue weighted by atomic mass is 10.2. The number of pyridine rings is 3. The minimum absolute atomic E-state index is 0.202. The van der Waals surface area contributed by atoms with Crippen LogP contribution < -0.4 is 10.1 Å². The highest BCUT2D eigenvalue weighted by Crippen LogP contribution is 2.32. The number of nitriles is 1. The summed E-state index contributed by atoms with van der Waals surface area (Å²) in [5, 5.41) is 11.9. The molecule has 31 heavy (non-hydrogen) atoms. The number of ether oxygens (including phenoxy) is 1. The van der Waals surface area contributed by atoms with E-state index in [1.807, 2.05) is 6.07 Å². The Labute approximate surface area is 174 Å². The van der Waals surface area contributed by atoms with Crippen LogP contribution in [0.5, 0.6) is 11.6 Å². The summed E-state index contributed by atoms with van der Waals surface area (Å²) in [4.78, 5) is 16.6. The van der Waals surface area contributed by atoms with E-state index in [4.69, 9.17) is 10.00 Å². The molecule has 0 aromatic carbocycles. The van der Waals surface area contributed by atoms with Crippen molar-refractivity contribution in [2.75, 3.05) is 5.32 Å². The molecule has 0 radical (unpaired) electrons. The number of rotatable bonds is 4. The van der Waals surface area contributed by atoms with Crippen LogP contribution in [-0.4, -0.2) is 24.5 Å². The van der Waals surface area contributed by atoms with E-state index in [0.29, 0.717) is 28.2 Å². The second-order valence-corrected chi connectivity index (χ2v) is 6.64. The molecule has 0 aliphatic rings. The third-order valence-electron chi connectivity index (χ3n) is 4.39. The number of halogens is 3. The van der Waals surface area contributed by atoms with E-state index in [1.54, 1.807) is 37.0 Å². The summed E-state index contributed by atoms with van der Waals surface area (Å²) < 4.78 is 45.9. The van der Waals surface area contributed by atoms with E-state index in [2.05, 4.69) is 25.3 Å². The summed E-state index contributed by atoms with van der Waals surface area (Å²) in [5.74, 6) is 0.820. The first kappa shape index (κ1) is 20.1. The van der Waals surface area contributed by atoms with Crippen molar-refractivity contribution in [3.05, 3.63) is 59.8 Å². The molecule has 0 aliphatic heterocycles. The summed E-state index contributed by atoms with van der Waals surface area (Å²) in [5.41, 5.74) is 1.54. The van der Waals surface area contributed by atoms with E-state index in [9.17, 15) is 13.2 Å². The molecule has 156 valence electrons. The van der Waals surface area contributed by atoms with E-state index >= 15 is 0 Å². The van der Waals surface area contributed by atoms with Crippen molar-refractivity contribution in [3.63, 3.8) is 0 Å². The van der Waals surface area contributed by atoms with E-state index in [0.717, 1.165) is 12.3 Å². The van der Waals surface area contributed by atoms with Crippen LogP contribution in [0, 0.1) is 18.3 Å². The summed E-state index contributed by atoms with van der Waals surface area (Å²) in [6.45, 7) is 1.77. The van der Waals surface area contributed by atoms with Crippen LogP contribution in [0.25, 0.3) is 11.2 Å². The van der Waals surface area contributed by atoms with Gasteiger partial charge in [0.2, 0.25) is 5.88 Å². The first-order valence-corrected chi connectivity index (χ1v) is 8.91. The zero-order valence-electron chi connectivity index (χ0n) is 16.3. The Kier molecular flexibility index (Phi) is 4.90. The van der Waals surface area contributed by atoms with Crippen molar-refractivity contribution >= 4 is 22.7 Å². The Morgan fingerprint density at radius 1 is 1.13 bits per heavy atom. The average Bonchev–Trinajstić information content (AvgIpc) is 3.10. The molecule has 4 heterocycles. The molecule has 0 spiro atoms. The SMILES string of the molecule is Cc1cc(C#N)ncc1Oc1cc(Nc2ccc(C(F)(F)F)cn2)c2ncn(C)c2n1. The molecule has 0 saturated carbocycles. The number of nitrogens with one attached hydrogen (secondary N) is 1. The van der Waals surface area contributed by atoms with Crippen LogP contribution in [0.2, 0.25) is 0 Å². The second kappa shape index (κ2) is 7.56. The third-order valence-corrected chi connectivity index (χ3v) is 4.39. The molecule has 0 saturated heterocycles. The number of aryl methyl sites for hydroxylation is 2. The summed E-state index contributed by atoms with van der Waals surface area (Å²) in [6, 6.07) is 7.27. The van der Waals surface area contributed by atoms with Gasteiger partial charge in [0.05, 0.1) is 23.8 Å². The number of imidazole rings is 1. The molecule has 8 nitrogen and oxygen atoms in total. The minimum Gasteiger partial charge on any atom is -0.437 e. The van der Waals surface area contributed by atoms with Crippen molar-refractivity contribution in [2.45, 2.75) is 13.1 Å². The predicted octanol–water partition coefficient (Wildman–Crippen LogP) is 4.49. The molecule has 0 atom stereocenters. The Hall–Kier alpha value is -4.20. The Bertz CT molecular complexity index is 1310. The molecule has 0 amide bonds. The van der Waals surface area contributed by atoms with Crippen molar-refractivity contribution < 1.29 is 17.9 Å². The quantitative estimate of drug-likeness (QED) is 0.514. The van der Waals surface area contributed by atoms with Gasteiger partial charge in [0.1, 0.15) is 23.1 Å². The Balaban J connectivity index is 1.70. The molecule has 0 unspecified atom stereocenters. The van der Waals surface area contributed by atoms with E-state index in [1.165, 1.54) is 12.3 Å². The number of aromatic nitrogens is 5. The van der Waals surface area contributed by atoms with Gasteiger partial charge in [-0.1, -0.05) is 0 Å². The second-order valence-electron chi connectivity index (χ2n) is 6.64. The van der Waals surface area contributed by atoms with Crippen LogP contribution in [-0.2, 0) is 13.2 Å². The lowest BCUT2D eigenvalue weighted by Crippen LogP contribution is -2.06. The number of anilines is 2. The number of fused-ring (bicyclic) bond motifs is 1. The molecule has 0 bridgehead atoms. The van der Waals surface area contributed by atoms with Gasteiger partial charge in [-0.25, -0.2) is 15.0 Å². The fourth-order valence-corrected chi connectivity index (χ4v) is 2.82. The van der Waals surface area contributed by atoms with Crippen LogP contribution in [0.4, 0.5) is 24.7 Å². The molecule has 11 heteroatoms. The molecular formula is C20H14F3N7O. The first-order valence-electron chi connectivity index (χ1n) is 8.91. The first-order chi connectivity index (χ1) is 14.7. The number of nitrogens with zero attached hydrogens (tertiary/aromatic N) is 6.